The maximum absolute atomic E-state index is 10.4. The Morgan fingerprint density at radius 2 is 2.25 bits per heavy atom. The van der Waals surface area contributed by atoms with E-state index in [1.165, 1.54) is 0 Å². The number of hydrogen-bond acceptors (Lipinski definition) is 4. The van der Waals surface area contributed by atoms with Crippen molar-refractivity contribution in [2.75, 3.05) is 11.5 Å². The van der Waals surface area contributed by atoms with Crippen LogP contribution in [0.2, 0.25) is 0 Å². The van der Waals surface area contributed by atoms with Gasteiger partial charge in [-0.2, -0.15) is 0 Å². The third-order valence-corrected chi connectivity index (χ3v) is 4.40. The Hall–Kier alpha value is 0.260. The van der Waals surface area contributed by atoms with Crippen molar-refractivity contribution in [1.82, 2.24) is 0 Å². The minimum absolute atomic E-state index is 0.0718. The van der Waals surface area contributed by atoms with Gasteiger partial charge in [0, 0.05) is 5.75 Å². The molecule has 1 aliphatic rings. The van der Waals surface area contributed by atoms with Gasteiger partial charge in [-0.1, -0.05) is 0 Å². The Morgan fingerprint density at radius 1 is 1.62 bits per heavy atom. The molecule has 1 aliphatic heterocycles. The Balaban J connectivity index is 2.71. The third-order valence-electron chi connectivity index (χ3n) is 0.836. The van der Waals surface area contributed by atoms with Crippen molar-refractivity contribution in [2.45, 2.75) is 6.10 Å². The molecule has 0 spiro atoms. The lowest BCUT2D eigenvalue weighted by Crippen LogP contribution is -2.09. The molecular formula is C3H6O3S2. The average Bonchev–Trinajstić information content (AvgIpc) is 1.82. The molecule has 0 aromatic carbocycles. The van der Waals surface area contributed by atoms with E-state index in [1.54, 1.807) is 0 Å². The fourth-order valence-electron chi connectivity index (χ4n) is 0.514. The van der Waals surface area contributed by atoms with Crippen molar-refractivity contribution in [2.24, 2.45) is 0 Å². The first-order valence-corrected chi connectivity index (χ1v) is 5.31. The molecule has 0 saturated carbocycles. The van der Waals surface area contributed by atoms with Gasteiger partial charge in [0.1, 0.15) is 0 Å². The molecule has 0 bridgehead atoms. The van der Waals surface area contributed by atoms with Crippen molar-refractivity contribution >= 4 is 19.7 Å². The van der Waals surface area contributed by atoms with Gasteiger partial charge in [-0.3, -0.25) is 0 Å². The Morgan fingerprint density at radius 3 is 2.38 bits per heavy atom. The first-order valence-electron chi connectivity index (χ1n) is 2.15. The van der Waals surface area contributed by atoms with E-state index in [-0.39, 0.29) is 5.75 Å². The molecule has 1 atom stereocenters. The summed E-state index contributed by atoms with van der Waals surface area (Å²) in [5.74, 6) is 0.264. The van der Waals surface area contributed by atoms with Gasteiger partial charge < -0.3 is 5.11 Å². The second-order valence-electron chi connectivity index (χ2n) is 1.66. The van der Waals surface area contributed by atoms with Crippen LogP contribution in [0.1, 0.15) is 0 Å². The molecule has 1 heterocycles. The summed E-state index contributed by atoms with van der Waals surface area (Å²) in [6, 6.07) is 0. The lowest BCUT2D eigenvalue weighted by molar-refractivity contribution is 0.225. The van der Waals surface area contributed by atoms with E-state index in [0.717, 1.165) is 10.8 Å². The summed E-state index contributed by atoms with van der Waals surface area (Å²) in [6.45, 7) is 0. The highest BCUT2D eigenvalue weighted by Crippen LogP contribution is 2.22. The highest BCUT2D eigenvalue weighted by Gasteiger charge is 2.26. The normalized spacial score (nSPS) is 35.4. The first kappa shape index (κ1) is 6.38. The minimum Gasteiger partial charge on any atom is -0.391 e. The van der Waals surface area contributed by atoms with Gasteiger partial charge in [0.15, 0.2) is 0 Å². The van der Waals surface area contributed by atoms with Gasteiger partial charge in [-0.25, -0.2) is 8.42 Å². The van der Waals surface area contributed by atoms with E-state index in [9.17, 15) is 8.42 Å². The van der Waals surface area contributed by atoms with Crippen LogP contribution in [0.25, 0.3) is 0 Å². The zero-order valence-electron chi connectivity index (χ0n) is 4.07. The Bertz CT molecular complexity index is 171. The summed E-state index contributed by atoms with van der Waals surface area (Å²) in [5, 5.41) is 8.66. The van der Waals surface area contributed by atoms with Crippen molar-refractivity contribution < 1.29 is 13.5 Å². The van der Waals surface area contributed by atoms with Gasteiger partial charge in [-0.05, 0) is 10.8 Å². The number of hydrogen-bond donors (Lipinski definition) is 1. The molecule has 0 radical (unpaired) electrons. The lowest BCUT2D eigenvalue weighted by atomic mass is 10.5. The fourth-order valence-corrected chi connectivity index (χ4v) is 3.68. The van der Waals surface area contributed by atoms with Gasteiger partial charge in [-0.15, -0.1) is 0 Å². The third kappa shape index (κ3) is 1.37. The smallest absolute Gasteiger partial charge is 0.204 e. The van der Waals surface area contributed by atoms with Crippen molar-refractivity contribution in [3.63, 3.8) is 0 Å². The first-order chi connectivity index (χ1) is 3.60. The molecule has 0 aromatic rings. The topological polar surface area (TPSA) is 54.4 Å². The molecule has 0 aliphatic carbocycles. The highest BCUT2D eigenvalue weighted by atomic mass is 33.1. The van der Waals surface area contributed by atoms with Gasteiger partial charge in [0.25, 0.3) is 0 Å². The number of aliphatic hydroxyl groups excluding tert-OH is 1. The zero-order valence-corrected chi connectivity index (χ0v) is 5.70. The second-order valence-corrected chi connectivity index (χ2v) is 5.91. The van der Waals surface area contributed by atoms with E-state index >= 15 is 0 Å². The van der Waals surface area contributed by atoms with Crippen LogP contribution in [0.5, 0.6) is 0 Å². The number of aliphatic hydroxyl groups is 1. The van der Waals surface area contributed by atoms with Crippen LogP contribution in [0, 0.1) is 0 Å². The van der Waals surface area contributed by atoms with E-state index in [2.05, 4.69) is 0 Å². The summed E-state index contributed by atoms with van der Waals surface area (Å²) >= 11 is 0. The monoisotopic (exact) mass is 154 g/mol. The van der Waals surface area contributed by atoms with Crippen molar-refractivity contribution in [3.05, 3.63) is 0 Å². The maximum Gasteiger partial charge on any atom is 0.204 e. The van der Waals surface area contributed by atoms with Crippen LogP contribution in [0.4, 0.5) is 0 Å². The van der Waals surface area contributed by atoms with Crippen LogP contribution >= 0.6 is 10.8 Å². The molecule has 1 rings (SSSR count). The molecule has 8 heavy (non-hydrogen) atoms. The van der Waals surface area contributed by atoms with Crippen LogP contribution in [-0.4, -0.2) is 31.1 Å². The largest absolute Gasteiger partial charge is 0.391 e. The van der Waals surface area contributed by atoms with Crippen LogP contribution in [0.15, 0.2) is 0 Å². The van der Waals surface area contributed by atoms with Gasteiger partial charge in [0.2, 0.25) is 8.87 Å². The van der Waals surface area contributed by atoms with E-state index in [1.807, 2.05) is 0 Å². The van der Waals surface area contributed by atoms with Crippen LogP contribution < -0.4 is 0 Å². The van der Waals surface area contributed by atoms with Crippen LogP contribution in [0.3, 0.4) is 0 Å². The van der Waals surface area contributed by atoms with Crippen LogP contribution in [-0.2, 0) is 8.87 Å². The SMILES string of the molecule is O=S1(=O)C[C@@H](O)CS1. The Kier molecular flexibility index (Phi) is 1.51. The Labute approximate surface area is 51.4 Å². The second kappa shape index (κ2) is 1.89. The van der Waals surface area contributed by atoms with Crippen molar-refractivity contribution in [3.8, 4) is 0 Å². The van der Waals surface area contributed by atoms with E-state index in [4.69, 9.17) is 5.11 Å². The standard InChI is InChI=1S/C3H6O3S2/c4-3-1-7-8(5,6)2-3/h3-4H,1-2H2/t3-/m0/s1. The highest BCUT2D eigenvalue weighted by molar-refractivity contribution is 8.72. The molecule has 0 unspecified atom stereocenters. The molecule has 3 nitrogen and oxygen atoms in total. The molecule has 1 N–H and O–H groups in total. The molecule has 48 valence electrons. The zero-order chi connectivity index (χ0) is 6.20. The summed E-state index contributed by atoms with van der Waals surface area (Å²) in [5.41, 5.74) is 0. The fraction of sp³-hybridized carbons (Fsp3) is 1.00. The summed E-state index contributed by atoms with van der Waals surface area (Å²) in [4.78, 5) is 0. The molecule has 5 heteroatoms. The van der Waals surface area contributed by atoms with E-state index in [0.29, 0.717) is 5.75 Å². The predicted octanol–water partition coefficient (Wildman–Crippen LogP) is -0.576. The molecule has 1 saturated heterocycles. The number of rotatable bonds is 0. The van der Waals surface area contributed by atoms with Gasteiger partial charge >= 0.3 is 0 Å². The summed E-state index contributed by atoms with van der Waals surface area (Å²) in [7, 11) is -2.10. The molecule has 1 fully saturated rings. The van der Waals surface area contributed by atoms with Gasteiger partial charge in [0.05, 0.1) is 11.9 Å². The average molecular weight is 154 g/mol. The maximum atomic E-state index is 10.4. The summed E-state index contributed by atoms with van der Waals surface area (Å²) in [6.07, 6.45) is -0.634. The van der Waals surface area contributed by atoms with Crippen molar-refractivity contribution in [1.29, 1.82) is 0 Å². The predicted molar refractivity (Wildman–Crippen MR) is 32.3 cm³/mol. The quantitative estimate of drug-likeness (QED) is 0.474. The lowest BCUT2D eigenvalue weighted by Gasteiger charge is -1.88. The molecular weight excluding hydrogens is 148 g/mol. The molecule has 0 aromatic heterocycles. The molecule has 0 amide bonds. The minimum atomic E-state index is -2.93. The van der Waals surface area contributed by atoms with E-state index < -0.39 is 15.0 Å². The summed E-state index contributed by atoms with van der Waals surface area (Å²) < 4.78 is 20.9.